The summed E-state index contributed by atoms with van der Waals surface area (Å²) < 4.78 is 5.00. The van der Waals surface area contributed by atoms with Crippen molar-refractivity contribution in [3.05, 3.63) is 35.9 Å². The van der Waals surface area contributed by atoms with Crippen LogP contribution < -0.4 is 10.6 Å². The van der Waals surface area contributed by atoms with Gasteiger partial charge < -0.3 is 20.3 Å². The van der Waals surface area contributed by atoms with Crippen molar-refractivity contribution < 1.29 is 19.1 Å². The summed E-state index contributed by atoms with van der Waals surface area (Å²) in [5.74, 6) is 2.71. The van der Waals surface area contributed by atoms with Crippen LogP contribution >= 0.6 is 23.5 Å². The third kappa shape index (κ3) is 9.40. The minimum atomic E-state index is -0.613. The standard InChI is InChI=1S/C29H44N4O4S2/c1-37-17-27(34)33-21-39-20-26(33)29(36)31-25(19-38-18-23-10-6-3-7-11-23)28(35)30-24-12-14-32(15-13-24)16-22-8-4-2-5-9-22/h2,4-5,8-9,23-26H,3,6-7,10-21H2,1H3,(H,30,35)(H,31,36)/t25-,26-/m0/s1. The van der Waals surface area contributed by atoms with Crippen molar-refractivity contribution in [2.45, 2.75) is 69.6 Å². The Morgan fingerprint density at radius 3 is 2.54 bits per heavy atom. The Balaban J connectivity index is 1.31. The maximum Gasteiger partial charge on any atom is 0.249 e. The molecule has 2 atom stereocenters. The van der Waals surface area contributed by atoms with Gasteiger partial charge in [0.05, 0.1) is 5.88 Å². The van der Waals surface area contributed by atoms with Crippen molar-refractivity contribution >= 4 is 41.2 Å². The van der Waals surface area contributed by atoms with Gasteiger partial charge in [-0.25, -0.2) is 0 Å². The highest BCUT2D eigenvalue weighted by molar-refractivity contribution is 7.99. The number of piperidine rings is 1. The van der Waals surface area contributed by atoms with E-state index in [9.17, 15) is 14.4 Å². The van der Waals surface area contributed by atoms with Crippen LogP contribution in [0.3, 0.4) is 0 Å². The molecule has 1 aromatic carbocycles. The zero-order chi connectivity index (χ0) is 27.5. The SMILES string of the molecule is COCC(=O)N1CSC[C@H]1C(=O)N[C@@H](CSCC1CCCCC1)C(=O)NC1CCN(Cc2ccccc2)CC1. The summed E-state index contributed by atoms with van der Waals surface area (Å²) in [6.07, 6.45) is 8.21. The first kappa shape index (κ1) is 30.2. The number of amides is 3. The lowest BCUT2D eigenvalue weighted by atomic mass is 9.91. The predicted octanol–water partition coefficient (Wildman–Crippen LogP) is 3.11. The molecule has 2 saturated heterocycles. The second-order valence-electron chi connectivity index (χ2n) is 11.0. The van der Waals surface area contributed by atoms with Crippen LogP contribution in [-0.2, 0) is 25.7 Å². The number of nitrogens with one attached hydrogen (secondary N) is 2. The molecule has 2 heterocycles. The van der Waals surface area contributed by atoms with Crippen LogP contribution in [0.1, 0.15) is 50.5 Å². The molecule has 1 saturated carbocycles. The van der Waals surface area contributed by atoms with Gasteiger partial charge >= 0.3 is 0 Å². The van der Waals surface area contributed by atoms with Crippen molar-refractivity contribution in [1.29, 1.82) is 0 Å². The third-order valence-electron chi connectivity index (χ3n) is 7.95. The van der Waals surface area contributed by atoms with Gasteiger partial charge in [-0.3, -0.25) is 19.3 Å². The summed E-state index contributed by atoms with van der Waals surface area (Å²) >= 11 is 3.32. The van der Waals surface area contributed by atoms with Crippen LogP contribution in [0.25, 0.3) is 0 Å². The summed E-state index contributed by atoms with van der Waals surface area (Å²) in [6, 6.07) is 9.40. The molecular formula is C29H44N4O4S2. The number of methoxy groups -OCH3 is 1. The van der Waals surface area contributed by atoms with Crippen LogP contribution in [0.5, 0.6) is 0 Å². The van der Waals surface area contributed by atoms with Gasteiger partial charge in [-0.1, -0.05) is 49.6 Å². The van der Waals surface area contributed by atoms with Gasteiger partial charge in [0.2, 0.25) is 17.7 Å². The molecule has 4 rings (SSSR count). The molecule has 1 aromatic rings. The fourth-order valence-corrected chi connectivity index (χ4v) is 8.10. The Bertz CT molecular complexity index is 923. The van der Waals surface area contributed by atoms with E-state index in [1.165, 1.54) is 44.8 Å². The number of thioether (sulfide) groups is 2. The monoisotopic (exact) mass is 576 g/mol. The van der Waals surface area contributed by atoms with E-state index in [1.54, 1.807) is 28.4 Å². The van der Waals surface area contributed by atoms with Gasteiger partial charge in [0, 0.05) is 44.3 Å². The molecule has 2 N–H and O–H groups in total. The molecule has 216 valence electrons. The smallest absolute Gasteiger partial charge is 0.249 e. The Hall–Kier alpha value is -1.75. The summed E-state index contributed by atoms with van der Waals surface area (Å²) in [5, 5.41) is 6.27. The summed E-state index contributed by atoms with van der Waals surface area (Å²) in [4.78, 5) is 43.2. The minimum Gasteiger partial charge on any atom is -0.375 e. The predicted molar refractivity (Wildman–Crippen MR) is 159 cm³/mol. The van der Waals surface area contributed by atoms with E-state index in [2.05, 4.69) is 39.8 Å². The fraction of sp³-hybridized carbons (Fsp3) is 0.690. The fourth-order valence-electron chi connectivity index (χ4n) is 5.65. The van der Waals surface area contributed by atoms with E-state index < -0.39 is 12.1 Å². The number of hydrogen-bond acceptors (Lipinski definition) is 7. The first-order chi connectivity index (χ1) is 19.0. The molecule has 1 aliphatic carbocycles. The van der Waals surface area contributed by atoms with Gasteiger partial charge in [0.25, 0.3) is 0 Å². The second kappa shape index (κ2) is 15.9. The van der Waals surface area contributed by atoms with E-state index in [0.717, 1.165) is 38.2 Å². The molecule has 2 aliphatic heterocycles. The molecular weight excluding hydrogens is 532 g/mol. The van der Waals surface area contributed by atoms with Gasteiger partial charge in [-0.05, 0) is 42.9 Å². The summed E-state index contributed by atoms with van der Waals surface area (Å²) in [6.45, 7) is 2.75. The highest BCUT2D eigenvalue weighted by Crippen LogP contribution is 2.27. The van der Waals surface area contributed by atoms with Crippen molar-refractivity contribution in [1.82, 2.24) is 20.4 Å². The molecule has 3 fully saturated rings. The van der Waals surface area contributed by atoms with Crippen molar-refractivity contribution in [2.75, 3.05) is 49.9 Å². The molecule has 0 spiro atoms. The largest absolute Gasteiger partial charge is 0.375 e. The molecule has 10 heteroatoms. The quantitative estimate of drug-likeness (QED) is 0.395. The van der Waals surface area contributed by atoms with Gasteiger partial charge in [0.1, 0.15) is 18.7 Å². The van der Waals surface area contributed by atoms with Crippen molar-refractivity contribution in [2.24, 2.45) is 5.92 Å². The van der Waals surface area contributed by atoms with E-state index in [4.69, 9.17) is 4.74 Å². The number of benzene rings is 1. The van der Waals surface area contributed by atoms with E-state index in [-0.39, 0.29) is 30.4 Å². The Morgan fingerprint density at radius 1 is 1.08 bits per heavy atom. The number of rotatable bonds is 12. The molecule has 8 nitrogen and oxygen atoms in total. The molecule has 0 aromatic heterocycles. The first-order valence-corrected chi connectivity index (χ1v) is 16.7. The zero-order valence-corrected chi connectivity index (χ0v) is 24.8. The average Bonchev–Trinajstić information content (AvgIpc) is 3.45. The lowest BCUT2D eigenvalue weighted by molar-refractivity contribution is -0.141. The van der Waals surface area contributed by atoms with Crippen LogP contribution in [-0.4, -0.2) is 95.6 Å². The maximum atomic E-state index is 13.5. The number of carbonyl (C=O) groups is 3. The zero-order valence-electron chi connectivity index (χ0n) is 23.1. The van der Waals surface area contributed by atoms with E-state index in [1.807, 2.05) is 6.07 Å². The van der Waals surface area contributed by atoms with Crippen LogP contribution in [0.15, 0.2) is 30.3 Å². The van der Waals surface area contributed by atoms with Crippen molar-refractivity contribution in [3.8, 4) is 0 Å². The van der Waals surface area contributed by atoms with Gasteiger partial charge in [0.15, 0.2) is 0 Å². The van der Waals surface area contributed by atoms with Gasteiger partial charge in [-0.2, -0.15) is 11.8 Å². The van der Waals surface area contributed by atoms with Crippen LogP contribution in [0.4, 0.5) is 0 Å². The second-order valence-corrected chi connectivity index (χ2v) is 13.0. The minimum absolute atomic E-state index is 0.0472. The molecule has 39 heavy (non-hydrogen) atoms. The van der Waals surface area contributed by atoms with Crippen LogP contribution in [0, 0.1) is 5.92 Å². The molecule has 0 bridgehead atoms. The number of likely N-dealkylation sites (tertiary alicyclic amines) is 1. The normalized spacial score (nSPS) is 22.0. The Labute approximate surface area is 241 Å². The lowest BCUT2D eigenvalue weighted by Crippen LogP contribution is -2.57. The summed E-state index contributed by atoms with van der Waals surface area (Å²) in [7, 11) is 1.48. The highest BCUT2D eigenvalue weighted by atomic mass is 32.2. The third-order valence-corrected chi connectivity index (χ3v) is 10.2. The van der Waals surface area contributed by atoms with Gasteiger partial charge in [-0.15, -0.1) is 11.8 Å². The Kier molecular flexibility index (Phi) is 12.3. The van der Waals surface area contributed by atoms with E-state index >= 15 is 0 Å². The number of carbonyl (C=O) groups excluding carboxylic acids is 3. The maximum absolute atomic E-state index is 13.5. The number of nitrogens with zero attached hydrogens (tertiary/aromatic N) is 2. The first-order valence-electron chi connectivity index (χ1n) is 14.3. The molecule has 0 unspecified atom stereocenters. The van der Waals surface area contributed by atoms with E-state index in [0.29, 0.717) is 23.3 Å². The number of ether oxygens (including phenoxy) is 1. The Morgan fingerprint density at radius 2 is 1.82 bits per heavy atom. The highest BCUT2D eigenvalue weighted by Gasteiger charge is 2.36. The van der Waals surface area contributed by atoms with Crippen LogP contribution in [0.2, 0.25) is 0 Å². The lowest BCUT2D eigenvalue weighted by Gasteiger charge is -2.33. The topological polar surface area (TPSA) is 91.0 Å². The van der Waals surface area contributed by atoms with Crippen molar-refractivity contribution in [3.63, 3.8) is 0 Å². The average molecular weight is 577 g/mol. The molecule has 3 aliphatic rings. The molecule has 0 radical (unpaired) electrons. The summed E-state index contributed by atoms with van der Waals surface area (Å²) in [5.41, 5.74) is 1.31. The molecule has 3 amide bonds. The number of hydrogen-bond donors (Lipinski definition) is 2.